The number of carboxylic acid groups (broad SMARTS) is 2. The minimum atomic E-state index is -4.50. The normalized spacial score (nSPS) is 11.2. The number of benzene rings is 2. The first kappa shape index (κ1) is 15.6. The third-order valence-electron chi connectivity index (χ3n) is 2.95. The third kappa shape index (κ3) is 3.25. The molecule has 0 saturated heterocycles. The number of rotatable bonds is 3. The molecule has 0 heterocycles. The number of alkyl halides is 3. The van der Waals surface area contributed by atoms with Crippen LogP contribution in [0.4, 0.5) is 13.2 Å². The summed E-state index contributed by atoms with van der Waals surface area (Å²) in [6.07, 6.45) is -4.50. The Morgan fingerprint density at radius 2 is 1.23 bits per heavy atom. The van der Waals surface area contributed by atoms with Crippen LogP contribution in [0.25, 0.3) is 11.1 Å². The molecule has 0 unspecified atom stereocenters. The van der Waals surface area contributed by atoms with Gasteiger partial charge in [0.2, 0.25) is 0 Å². The first-order valence-corrected chi connectivity index (χ1v) is 5.94. The lowest BCUT2D eigenvalue weighted by atomic mass is 9.98. The summed E-state index contributed by atoms with van der Waals surface area (Å²) in [4.78, 5) is 21.7. The highest BCUT2D eigenvalue weighted by molar-refractivity contribution is 5.94. The second-order valence-corrected chi connectivity index (χ2v) is 4.45. The van der Waals surface area contributed by atoms with Gasteiger partial charge < -0.3 is 19.8 Å². The van der Waals surface area contributed by atoms with Gasteiger partial charge in [-0.15, -0.1) is 0 Å². The topological polar surface area (TPSA) is 80.3 Å². The van der Waals surface area contributed by atoms with E-state index in [1.54, 1.807) is 0 Å². The van der Waals surface area contributed by atoms with E-state index in [0.29, 0.717) is 0 Å². The Morgan fingerprint density at radius 3 is 1.59 bits per heavy atom. The summed E-state index contributed by atoms with van der Waals surface area (Å²) in [7, 11) is 0. The first-order valence-electron chi connectivity index (χ1n) is 5.94. The summed E-state index contributed by atoms with van der Waals surface area (Å²) < 4.78 is 37.5. The molecule has 0 bridgehead atoms. The maximum atomic E-state index is 12.5. The average Bonchev–Trinajstić information content (AvgIpc) is 2.46. The molecule has 0 radical (unpaired) electrons. The van der Waals surface area contributed by atoms with Crippen LogP contribution in [-0.4, -0.2) is 11.9 Å². The number of halogens is 3. The molecule has 0 aliphatic heterocycles. The van der Waals surface area contributed by atoms with Gasteiger partial charge in [0.25, 0.3) is 0 Å². The minimum Gasteiger partial charge on any atom is -0.545 e. The highest BCUT2D eigenvalue weighted by Gasteiger charge is 2.29. The van der Waals surface area contributed by atoms with Crippen LogP contribution >= 0.6 is 0 Å². The van der Waals surface area contributed by atoms with Crippen LogP contribution in [0, 0.1) is 0 Å². The van der Waals surface area contributed by atoms with Crippen molar-refractivity contribution in [2.75, 3.05) is 0 Å². The lowest BCUT2D eigenvalue weighted by Crippen LogP contribution is -2.25. The number of carbonyl (C=O) groups excluding carboxylic acids is 2. The van der Waals surface area contributed by atoms with Crippen LogP contribution in [0.1, 0.15) is 26.3 Å². The van der Waals surface area contributed by atoms with Gasteiger partial charge in [0.15, 0.2) is 0 Å². The molecule has 0 N–H and O–H groups in total. The Kier molecular flexibility index (Phi) is 3.90. The van der Waals surface area contributed by atoms with Crippen LogP contribution in [-0.2, 0) is 6.18 Å². The molecule has 114 valence electrons. The van der Waals surface area contributed by atoms with Crippen LogP contribution in [0.3, 0.4) is 0 Å². The maximum Gasteiger partial charge on any atom is 0.416 e. The number of aromatic carboxylic acids is 2. The Morgan fingerprint density at radius 1 is 0.773 bits per heavy atom. The molecule has 0 amide bonds. The van der Waals surface area contributed by atoms with Crippen molar-refractivity contribution in [2.45, 2.75) is 6.18 Å². The Hall–Kier alpha value is -2.83. The van der Waals surface area contributed by atoms with Gasteiger partial charge in [-0.25, -0.2) is 0 Å². The van der Waals surface area contributed by atoms with Gasteiger partial charge in [0, 0.05) is 0 Å². The summed E-state index contributed by atoms with van der Waals surface area (Å²) in [6.45, 7) is 0. The molecule has 2 aromatic carbocycles. The van der Waals surface area contributed by atoms with E-state index in [4.69, 9.17) is 0 Å². The summed E-state index contributed by atoms with van der Waals surface area (Å²) in [6, 6.07) is 6.97. The maximum absolute atomic E-state index is 12.5. The van der Waals surface area contributed by atoms with Crippen molar-refractivity contribution >= 4 is 11.9 Å². The number of hydrogen-bond donors (Lipinski definition) is 0. The zero-order valence-electron chi connectivity index (χ0n) is 10.8. The molecule has 0 atom stereocenters. The van der Waals surface area contributed by atoms with E-state index in [2.05, 4.69) is 0 Å². The van der Waals surface area contributed by atoms with E-state index in [0.717, 1.165) is 42.5 Å². The Labute approximate surface area is 122 Å². The molecule has 22 heavy (non-hydrogen) atoms. The van der Waals surface area contributed by atoms with Crippen LogP contribution < -0.4 is 10.2 Å². The fourth-order valence-electron chi connectivity index (χ4n) is 1.88. The lowest BCUT2D eigenvalue weighted by Gasteiger charge is -2.12. The van der Waals surface area contributed by atoms with E-state index in [-0.39, 0.29) is 11.1 Å². The van der Waals surface area contributed by atoms with Gasteiger partial charge in [-0.05, 0) is 52.6 Å². The van der Waals surface area contributed by atoms with Gasteiger partial charge in [-0.3, -0.25) is 0 Å². The fourth-order valence-corrected chi connectivity index (χ4v) is 1.88. The fraction of sp³-hybridized carbons (Fsp3) is 0.0667. The molecule has 0 aliphatic rings. The molecule has 0 saturated carbocycles. The number of hydrogen-bond acceptors (Lipinski definition) is 4. The largest absolute Gasteiger partial charge is 0.545 e. The molecular formula is C15H7F3O4-2. The second kappa shape index (κ2) is 5.51. The van der Waals surface area contributed by atoms with E-state index < -0.39 is 34.8 Å². The van der Waals surface area contributed by atoms with Crippen molar-refractivity contribution in [3.05, 3.63) is 59.2 Å². The van der Waals surface area contributed by atoms with E-state index in [1.807, 2.05) is 0 Å². The third-order valence-corrected chi connectivity index (χ3v) is 2.95. The zero-order valence-corrected chi connectivity index (χ0v) is 10.8. The van der Waals surface area contributed by atoms with Gasteiger partial charge in [0.05, 0.1) is 17.5 Å². The van der Waals surface area contributed by atoms with Gasteiger partial charge in [-0.1, -0.05) is 12.1 Å². The summed E-state index contributed by atoms with van der Waals surface area (Å²) in [5.41, 5.74) is -1.31. The Balaban J connectivity index is 2.52. The molecular weight excluding hydrogens is 301 g/mol. The van der Waals surface area contributed by atoms with Crippen LogP contribution in [0.2, 0.25) is 0 Å². The van der Waals surface area contributed by atoms with E-state index in [9.17, 15) is 33.0 Å². The van der Waals surface area contributed by atoms with Gasteiger partial charge in [-0.2, -0.15) is 13.2 Å². The lowest BCUT2D eigenvalue weighted by molar-refractivity contribution is -0.255. The predicted octanol–water partition coefficient (Wildman–Crippen LogP) is 1.10. The smallest absolute Gasteiger partial charge is 0.416 e. The van der Waals surface area contributed by atoms with E-state index in [1.165, 1.54) is 0 Å². The predicted molar refractivity (Wildman–Crippen MR) is 65.5 cm³/mol. The molecule has 7 heteroatoms. The van der Waals surface area contributed by atoms with Crippen molar-refractivity contribution in [1.82, 2.24) is 0 Å². The van der Waals surface area contributed by atoms with Gasteiger partial charge >= 0.3 is 6.18 Å². The first-order chi connectivity index (χ1) is 10.2. The zero-order chi connectivity index (χ0) is 16.5. The summed E-state index contributed by atoms with van der Waals surface area (Å²) >= 11 is 0. The van der Waals surface area contributed by atoms with Crippen molar-refractivity contribution in [3.8, 4) is 11.1 Å². The SMILES string of the molecule is O=C([O-])c1cc(C(=O)[O-])cc(-c2ccc(C(F)(F)F)cc2)c1. The highest BCUT2D eigenvalue weighted by Crippen LogP contribution is 2.31. The van der Waals surface area contributed by atoms with Gasteiger partial charge in [0.1, 0.15) is 0 Å². The number of carboxylic acids is 2. The van der Waals surface area contributed by atoms with Crippen molar-refractivity contribution < 1.29 is 33.0 Å². The molecule has 2 rings (SSSR count). The highest BCUT2D eigenvalue weighted by atomic mass is 19.4. The van der Waals surface area contributed by atoms with Crippen LogP contribution in [0.5, 0.6) is 0 Å². The quantitative estimate of drug-likeness (QED) is 0.850. The molecule has 0 aromatic heterocycles. The molecule has 4 nitrogen and oxygen atoms in total. The molecule has 0 aliphatic carbocycles. The molecule has 0 fully saturated rings. The monoisotopic (exact) mass is 308 g/mol. The summed E-state index contributed by atoms with van der Waals surface area (Å²) in [5.74, 6) is -3.20. The molecule has 0 spiro atoms. The Bertz CT molecular complexity index is 701. The van der Waals surface area contributed by atoms with E-state index >= 15 is 0 Å². The minimum absolute atomic E-state index is 0.134. The van der Waals surface area contributed by atoms with Crippen molar-refractivity contribution in [3.63, 3.8) is 0 Å². The average molecular weight is 308 g/mol. The van der Waals surface area contributed by atoms with Crippen LogP contribution in [0.15, 0.2) is 42.5 Å². The van der Waals surface area contributed by atoms with Crippen molar-refractivity contribution in [2.24, 2.45) is 0 Å². The molecule has 2 aromatic rings. The second-order valence-electron chi connectivity index (χ2n) is 4.45. The summed E-state index contributed by atoms with van der Waals surface area (Å²) in [5, 5.41) is 21.7. The van der Waals surface area contributed by atoms with Crippen molar-refractivity contribution in [1.29, 1.82) is 0 Å². The number of carbonyl (C=O) groups is 2. The standard InChI is InChI=1S/C15H9F3O4/c16-15(17,18)12-3-1-8(2-4-12)9-5-10(13(19)20)7-11(6-9)14(21)22/h1-7H,(H,19,20)(H,21,22)/p-2.